The van der Waals surface area contributed by atoms with Crippen molar-refractivity contribution in [3.63, 3.8) is 0 Å². The number of alkyl carbamates (subject to hydrolysis) is 1. The van der Waals surface area contributed by atoms with E-state index >= 15 is 4.39 Å². The molecule has 6 aromatic rings. The number of aromatic nitrogens is 3. The van der Waals surface area contributed by atoms with Crippen molar-refractivity contribution in [2.45, 2.75) is 83.8 Å². The third-order valence-corrected chi connectivity index (χ3v) is 11.8. The van der Waals surface area contributed by atoms with Crippen LogP contribution in [0.4, 0.5) is 14.0 Å². The maximum absolute atomic E-state index is 17.5. The van der Waals surface area contributed by atoms with Crippen LogP contribution in [0.5, 0.6) is 17.6 Å². The number of benzene rings is 4. The van der Waals surface area contributed by atoms with Crippen molar-refractivity contribution in [2.24, 2.45) is 0 Å². The predicted octanol–water partition coefficient (Wildman–Crippen LogP) is 10.1. The van der Waals surface area contributed by atoms with Gasteiger partial charge < -0.3 is 38.8 Å². The van der Waals surface area contributed by atoms with E-state index in [2.05, 4.69) is 27.2 Å². The first-order valence-electron chi connectivity index (χ1n) is 22.5. The van der Waals surface area contributed by atoms with E-state index in [0.717, 1.165) is 41.5 Å². The Hall–Kier alpha value is -6.80. The molecule has 0 radical (unpaired) electrons. The van der Waals surface area contributed by atoms with Crippen molar-refractivity contribution in [2.75, 3.05) is 39.9 Å². The Morgan fingerprint density at radius 2 is 1.65 bits per heavy atom. The minimum atomic E-state index is -0.697. The van der Waals surface area contributed by atoms with Gasteiger partial charge in [0, 0.05) is 30.9 Å². The van der Waals surface area contributed by atoms with Gasteiger partial charge in [-0.3, -0.25) is 4.98 Å². The molecule has 2 aliphatic rings. The van der Waals surface area contributed by atoms with Crippen LogP contribution in [-0.2, 0) is 22.7 Å². The minimum Gasteiger partial charge on any atom is -0.489 e. The number of carbonyl (C=O) groups is 2. The van der Waals surface area contributed by atoms with Gasteiger partial charge in [-0.05, 0) is 113 Å². The van der Waals surface area contributed by atoms with Crippen LogP contribution in [0, 0.1) is 5.82 Å². The lowest BCUT2D eigenvalue weighted by molar-refractivity contribution is 0.0120. The Morgan fingerprint density at radius 1 is 0.909 bits per heavy atom. The molecule has 4 aromatic carbocycles. The van der Waals surface area contributed by atoms with Crippen molar-refractivity contribution < 1.29 is 37.7 Å². The van der Waals surface area contributed by atoms with E-state index in [4.69, 9.17) is 28.7 Å². The van der Waals surface area contributed by atoms with Crippen molar-refractivity contribution in [3.8, 4) is 28.9 Å². The second-order valence-electron chi connectivity index (χ2n) is 18.2. The number of rotatable bonds is 14. The molecule has 2 fully saturated rings. The number of pyridine rings is 1. The second-order valence-corrected chi connectivity index (χ2v) is 18.2. The van der Waals surface area contributed by atoms with Gasteiger partial charge in [0.25, 0.3) is 0 Å². The van der Waals surface area contributed by atoms with Gasteiger partial charge in [-0.25, -0.2) is 14.0 Å². The highest BCUT2D eigenvalue weighted by Gasteiger charge is 2.36. The molecule has 0 saturated carbocycles. The summed E-state index contributed by atoms with van der Waals surface area (Å²) in [6.45, 7) is 9.96. The molecule has 2 aliphatic heterocycles. The first kappa shape index (κ1) is 45.8. The molecule has 0 aliphatic carbocycles. The van der Waals surface area contributed by atoms with Crippen molar-refractivity contribution in [1.82, 2.24) is 30.1 Å². The van der Waals surface area contributed by atoms with Gasteiger partial charge in [0.2, 0.25) is 5.88 Å². The first-order chi connectivity index (χ1) is 31.8. The number of hydrogen-bond donors (Lipinski definition) is 1. The maximum Gasteiger partial charge on any atom is 0.410 e. The summed E-state index contributed by atoms with van der Waals surface area (Å²) in [6, 6.07) is 29.1. The third kappa shape index (κ3) is 11.3. The largest absolute Gasteiger partial charge is 0.489 e. The number of nitrogens with zero attached hydrogens (tertiary/aromatic N) is 5. The quantitative estimate of drug-likeness (QED) is 0.112. The molecule has 2 atom stereocenters. The maximum atomic E-state index is 17.5. The molecule has 1 N–H and O–H groups in total. The summed E-state index contributed by atoms with van der Waals surface area (Å²) in [4.78, 5) is 43.8. The van der Waals surface area contributed by atoms with Crippen LogP contribution in [0.3, 0.4) is 0 Å². The number of ether oxygens (including phenoxy) is 5. The molecule has 2 aromatic heterocycles. The molecule has 4 heterocycles. The van der Waals surface area contributed by atoms with E-state index in [1.165, 1.54) is 6.20 Å². The highest BCUT2D eigenvalue weighted by Crippen LogP contribution is 2.39. The van der Waals surface area contributed by atoms with Crippen LogP contribution in [0.15, 0.2) is 103 Å². The van der Waals surface area contributed by atoms with E-state index in [-0.39, 0.29) is 42.4 Å². The lowest BCUT2D eigenvalue weighted by Crippen LogP contribution is -2.58. The van der Waals surface area contributed by atoms with Gasteiger partial charge in [0.05, 0.1) is 10.9 Å². The van der Waals surface area contributed by atoms with E-state index in [0.29, 0.717) is 61.2 Å². The monoisotopic (exact) mass is 896 g/mol. The fraction of sp³-hybridized carbons (Fsp3) is 0.365. The molecule has 0 spiro atoms. The lowest BCUT2D eigenvalue weighted by Gasteiger charge is -2.40. The number of nitrogens with one attached hydrogen (secondary N) is 1. The van der Waals surface area contributed by atoms with Crippen molar-refractivity contribution >= 4 is 39.9 Å². The van der Waals surface area contributed by atoms with Gasteiger partial charge >= 0.3 is 18.2 Å². The molecule has 2 saturated heterocycles. The number of fused-ring (bicyclic) bond motifs is 2. The lowest BCUT2D eigenvalue weighted by atomic mass is 9.91. The standard InChI is InChI=1S/C52H57FN6O7/c1-51(2,3)66-50(61)59-26-15-24-52(4,34-59)57-49(60)62-27-14-22-37-20-12-21-38-28-40(63-31-35-16-8-6-9-17-35)29-41(43(37)38)45-44(53)46-42(30-54-45)47(64-32-36-18-10-7-11-19-36)56-48(55-46)65-33-39-23-13-25-58(39)5/h6-12,14,16-22,28-30,39H,13,15,23-27,31-34H2,1-5H3,(H,57,60)/b22-14+/t39-,52+/m0/s1. The Kier molecular flexibility index (Phi) is 14.0. The first-order valence-corrected chi connectivity index (χ1v) is 22.5. The summed E-state index contributed by atoms with van der Waals surface area (Å²) in [5.41, 5.74) is 1.81. The van der Waals surface area contributed by atoms with Gasteiger partial charge in [0.1, 0.15) is 49.0 Å². The van der Waals surface area contributed by atoms with E-state index in [1.54, 1.807) is 17.0 Å². The Balaban J connectivity index is 1.10. The zero-order valence-electron chi connectivity index (χ0n) is 38.2. The number of likely N-dealkylation sites (N-methyl/N-ethyl adjacent to an activating group) is 1. The average Bonchev–Trinajstić information content (AvgIpc) is 3.72. The van der Waals surface area contributed by atoms with Crippen molar-refractivity contribution in [1.29, 1.82) is 0 Å². The summed E-state index contributed by atoms with van der Waals surface area (Å²) >= 11 is 0. The van der Waals surface area contributed by atoms with E-state index in [9.17, 15) is 9.59 Å². The fourth-order valence-corrected chi connectivity index (χ4v) is 8.44. The van der Waals surface area contributed by atoms with Gasteiger partial charge in [-0.15, -0.1) is 0 Å². The van der Waals surface area contributed by atoms with Crippen LogP contribution in [-0.4, -0.2) is 94.0 Å². The number of halogens is 1. The molecule has 66 heavy (non-hydrogen) atoms. The molecule has 0 unspecified atom stereocenters. The number of amides is 2. The highest BCUT2D eigenvalue weighted by atomic mass is 19.1. The molecule has 8 rings (SSSR count). The summed E-state index contributed by atoms with van der Waals surface area (Å²) in [5, 5.41) is 4.73. The normalized spacial score (nSPS) is 17.8. The average molecular weight is 897 g/mol. The zero-order valence-corrected chi connectivity index (χ0v) is 38.2. The second kappa shape index (κ2) is 20.2. The molecule has 13 nitrogen and oxygen atoms in total. The Morgan fingerprint density at radius 3 is 2.36 bits per heavy atom. The van der Waals surface area contributed by atoms with Crippen molar-refractivity contribution in [3.05, 3.63) is 126 Å². The van der Waals surface area contributed by atoms with Crippen LogP contribution in [0.25, 0.3) is 39.0 Å². The van der Waals surface area contributed by atoms with Crippen LogP contribution >= 0.6 is 0 Å². The molecule has 344 valence electrons. The van der Waals surface area contributed by atoms with Crippen LogP contribution in [0.1, 0.15) is 70.1 Å². The van der Waals surface area contributed by atoms with Gasteiger partial charge in [-0.1, -0.05) is 84.9 Å². The SMILES string of the molecule is CN1CCC[C@H]1COc1nc(OCc2ccccc2)c2cnc(-c3cc(OCc4ccccc4)cc4cccc(/C=C/COC(=O)N[C@]5(C)CCCN(C(=O)OC(C)(C)C)C5)c34)c(F)c2n1. The molecule has 0 bridgehead atoms. The van der Waals surface area contributed by atoms with E-state index in [1.807, 2.05) is 119 Å². The van der Waals surface area contributed by atoms with Crippen LogP contribution < -0.4 is 19.5 Å². The molecular formula is C52H57FN6O7. The van der Waals surface area contributed by atoms with E-state index < -0.39 is 29.1 Å². The predicted molar refractivity (Wildman–Crippen MR) is 252 cm³/mol. The topological polar surface area (TPSA) is 137 Å². The Bertz CT molecular complexity index is 2700. The van der Waals surface area contributed by atoms with Gasteiger partial charge in [0.15, 0.2) is 5.82 Å². The number of carbonyl (C=O) groups excluding carboxylic acids is 2. The van der Waals surface area contributed by atoms with Crippen LogP contribution in [0.2, 0.25) is 0 Å². The number of likely N-dealkylation sites (tertiary alicyclic amines) is 2. The summed E-state index contributed by atoms with van der Waals surface area (Å²) in [5.74, 6) is 0.000394. The Labute approximate surface area is 384 Å². The molecule has 2 amide bonds. The fourth-order valence-electron chi connectivity index (χ4n) is 8.44. The molecular weight excluding hydrogens is 840 g/mol. The minimum absolute atomic E-state index is 0.00454. The number of hydrogen-bond acceptors (Lipinski definition) is 11. The third-order valence-electron chi connectivity index (χ3n) is 11.8. The number of piperidine rings is 1. The molecule has 14 heteroatoms. The summed E-state index contributed by atoms with van der Waals surface area (Å²) in [6.07, 6.45) is 7.50. The summed E-state index contributed by atoms with van der Waals surface area (Å²) in [7, 11) is 2.06. The smallest absolute Gasteiger partial charge is 0.410 e. The highest BCUT2D eigenvalue weighted by molar-refractivity contribution is 6.03. The zero-order chi connectivity index (χ0) is 46.3. The van der Waals surface area contributed by atoms with Gasteiger partial charge in [-0.2, -0.15) is 9.97 Å². The summed E-state index contributed by atoms with van der Waals surface area (Å²) < 4.78 is 47.4.